The molecule has 0 saturated carbocycles. The van der Waals surface area contributed by atoms with Crippen LogP contribution in [0, 0.1) is 20.8 Å². The van der Waals surface area contributed by atoms with Crippen molar-refractivity contribution in [3.05, 3.63) is 46.3 Å². The quantitative estimate of drug-likeness (QED) is 0.674. The summed E-state index contributed by atoms with van der Waals surface area (Å²) in [6.45, 7) is 7.86. The van der Waals surface area contributed by atoms with Crippen molar-refractivity contribution in [1.29, 1.82) is 0 Å². The number of benzene rings is 1. The number of thioether (sulfide) groups is 1. The molecule has 3 rings (SSSR count). The fraction of sp³-hybridized carbons (Fsp3) is 0.421. The highest BCUT2D eigenvalue weighted by Crippen LogP contribution is 2.26. The van der Waals surface area contributed by atoms with E-state index in [0.717, 1.165) is 35.5 Å². The van der Waals surface area contributed by atoms with Gasteiger partial charge in [-0.2, -0.15) is 0 Å². The molecule has 0 spiro atoms. The van der Waals surface area contributed by atoms with Gasteiger partial charge in [0.2, 0.25) is 5.91 Å². The molecule has 1 atom stereocenters. The number of nitrogens with one attached hydrogen (secondary N) is 1. The van der Waals surface area contributed by atoms with Crippen LogP contribution in [0.1, 0.15) is 41.4 Å². The van der Waals surface area contributed by atoms with Gasteiger partial charge in [-0.05, 0) is 75.8 Å². The molecule has 0 saturated heterocycles. The van der Waals surface area contributed by atoms with Gasteiger partial charge in [0, 0.05) is 17.1 Å². The number of hydrogen-bond donors (Lipinski definition) is 1. The van der Waals surface area contributed by atoms with Crippen molar-refractivity contribution in [3.8, 4) is 0 Å². The van der Waals surface area contributed by atoms with Crippen molar-refractivity contribution in [2.24, 2.45) is 0 Å². The van der Waals surface area contributed by atoms with Gasteiger partial charge in [-0.25, -0.2) is 9.97 Å². The first-order valence-electron chi connectivity index (χ1n) is 8.35. The summed E-state index contributed by atoms with van der Waals surface area (Å²) in [6.07, 6.45) is 3.47. The van der Waals surface area contributed by atoms with Gasteiger partial charge in [0.1, 0.15) is 0 Å². The number of anilines is 1. The van der Waals surface area contributed by atoms with Crippen molar-refractivity contribution in [2.75, 3.05) is 5.32 Å². The van der Waals surface area contributed by atoms with E-state index in [1.54, 1.807) is 0 Å². The van der Waals surface area contributed by atoms with Gasteiger partial charge in [0.25, 0.3) is 0 Å². The zero-order chi connectivity index (χ0) is 17.3. The number of carbonyl (C=O) groups is 1. The first-order chi connectivity index (χ1) is 11.4. The van der Waals surface area contributed by atoms with Crippen LogP contribution in [0.3, 0.4) is 0 Å². The SMILES string of the molecule is Cc1nc(SC(C)C(=O)Nc2ccc3c(c2)CCC3)nc(C)c1C. The first kappa shape index (κ1) is 17.0. The number of nitrogens with zero attached hydrogens (tertiary/aromatic N) is 2. The summed E-state index contributed by atoms with van der Waals surface area (Å²) in [5, 5.41) is 3.43. The van der Waals surface area contributed by atoms with Gasteiger partial charge in [-0.15, -0.1) is 0 Å². The van der Waals surface area contributed by atoms with E-state index in [1.165, 1.54) is 29.3 Å². The monoisotopic (exact) mass is 341 g/mol. The summed E-state index contributed by atoms with van der Waals surface area (Å²) in [4.78, 5) is 21.4. The van der Waals surface area contributed by atoms with Crippen LogP contribution in [0.2, 0.25) is 0 Å². The number of rotatable bonds is 4. The standard InChI is InChI=1S/C19H23N3OS/c1-11-12(2)20-19(21-13(11)3)24-14(4)18(23)22-17-9-8-15-6-5-7-16(15)10-17/h8-10,14H,5-7H2,1-4H3,(H,22,23). The number of amides is 1. The minimum Gasteiger partial charge on any atom is -0.325 e. The van der Waals surface area contributed by atoms with Gasteiger partial charge in [0.05, 0.1) is 5.25 Å². The summed E-state index contributed by atoms with van der Waals surface area (Å²) in [7, 11) is 0. The second-order valence-electron chi connectivity index (χ2n) is 6.39. The van der Waals surface area contributed by atoms with Crippen LogP contribution in [-0.2, 0) is 17.6 Å². The molecule has 1 aromatic heterocycles. The van der Waals surface area contributed by atoms with Gasteiger partial charge in [-0.3, -0.25) is 4.79 Å². The molecule has 0 aliphatic heterocycles. The zero-order valence-corrected chi connectivity index (χ0v) is 15.5. The molecule has 0 bridgehead atoms. The predicted octanol–water partition coefficient (Wildman–Crippen LogP) is 4.01. The highest BCUT2D eigenvalue weighted by molar-refractivity contribution is 8.00. The van der Waals surface area contributed by atoms with Crippen molar-refractivity contribution >= 4 is 23.4 Å². The summed E-state index contributed by atoms with van der Waals surface area (Å²) in [5.74, 6) is -0.0163. The van der Waals surface area contributed by atoms with Crippen LogP contribution in [-0.4, -0.2) is 21.1 Å². The Morgan fingerprint density at radius 3 is 2.50 bits per heavy atom. The Morgan fingerprint density at radius 2 is 1.79 bits per heavy atom. The molecule has 5 heteroatoms. The van der Waals surface area contributed by atoms with E-state index in [-0.39, 0.29) is 11.2 Å². The Labute approximate surface area is 147 Å². The van der Waals surface area contributed by atoms with E-state index in [0.29, 0.717) is 5.16 Å². The summed E-state index contributed by atoms with van der Waals surface area (Å²) in [5.41, 5.74) is 6.70. The lowest BCUT2D eigenvalue weighted by atomic mass is 10.1. The number of aryl methyl sites for hydroxylation is 4. The van der Waals surface area contributed by atoms with Crippen LogP contribution in [0.4, 0.5) is 5.69 Å². The third kappa shape index (κ3) is 3.61. The van der Waals surface area contributed by atoms with E-state index < -0.39 is 0 Å². The predicted molar refractivity (Wildman–Crippen MR) is 98.7 cm³/mol. The van der Waals surface area contributed by atoms with Crippen LogP contribution >= 0.6 is 11.8 Å². The molecular weight excluding hydrogens is 318 g/mol. The maximum absolute atomic E-state index is 12.5. The fourth-order valence-electron chi connectivity index (χ4n) is 2.90. The third-order valence-electron chi connectivity index (χ3n) is 4.63. The molecule has 0 radical (unpaired) electrons. The number of aromatic nitrogens is 2. The topological polar surface area (TPSA) is 54.9 Å². The maximum Gasteiger partial charge on any atom is 0.237 e. The average molecular weight is 341 g/mol. The van der Waals surface area contributed by atoms with Crippen molar-refractivity contribution in [1.82, 2.24) is 9.97 Å². The summed E-state index contributed by atoms with van der Waals surface area (Å²) in [6, 6.07) is 6.23. The molecule has 1 aliphatic rings. The highest BCUT2D eigenvalue weighted by atomic mass is 32.2. The summed E-state index contributed by atoms with van der Waals surface area (Å²) >= 11 is 1.40. The molecule has 1 N–H and O–H groups in total. The van der Waals surface area contributed by atoms with Crippen molar-refractivity contribution < 1.29 is 4.79 Å². The Balaban J connectivity index is 1.67. The van der Waals surface area contributed by atoms with Crippen LogP contribution in [0.25, 0.3) is 0 Å². The molecule has 4 nitrogen and oxygen atoms in total. The second kappa shape index (κ2) is 6.93. The van der Waals surface area contributed by atoms with Crippen LogP contribution in [0.5, 0.6) is 0 Å². The molecule has 1 unspecified atom stereocenters. The molecule has 2 aromatic rings. The normalized spacial score (nSPS) is 14.3. The molecule has 0 fully saturated rings. The number of hydrogen-bond acceptors (Lipinski definition) is 4. The maximum atomic E-state index is 12.5. The molecular formula is C19H23N3OS. The second-order valence-corrected chi connectivity index (χ2v) is 7.70. The van der Waals surface area contributed by atoms with Crippen molar-refractivity contribution in [3.63, 3.8) is 0 Å². The highest BCUT2D eigenvalue weighted by Gasteiger charge is 2.18. The Kier molecular flexibility index (Phi) is 4.90. The van der Waals surface area contributed by atoms with E-state index >= 15 is 0 Å². The van der Waals surface area contributed by atoms with Gasteiger partial charge in [0.15, 0.2) is 5.16 Å². The molecule has 1 heterocycles. The lowest BCUT2D eigenvalue weighted by Gasteiger charge is -2.13. The molecule has 24 heavy (non-hydrogen) atoms. The first-order valence-corrected chi connectivity index (χ1v) is 9.23. The van der Waals surface area contributed by atoms with E-state index in [1.807, 2.05) is 33.8 Å². The van der Waals surface area contributed by atoms with E-state index in [2.05, 4.69) is 27.4 Å². The number of fused-ring (bicyclic) bond motifs is 1. The Hall–Kier alpha value is -1.88. The molecule has 126 valence electrons. The van der Waals surface area contributed by atoms with E-state index in [4.69, 9.17) is 0 Å². The smallest absolute Gasteiger partial charge is 0.237 e. The minimum atomic E-state index is -0.250. The third-order valence-corrected chi connectivity index (χ3v) is 5.59. The van der Waals surface area contributed by atoms with Gasteiger partial charge < -0.3 is 5.32 Å². The average Bonchev–Trinajstić information content (AvgIpc) is 3.00. The van der Waals surface area contributed by atoms with Crippen LogP contribution in [0.15, 0.2) is 23.4 Å². The lowest BCUT2D eigenvalue weighted by Crippen LogP contribution is -2.23. The molecule has 1 aliphatic carbocycles. The zero-order valence-electron chi connectivity index (χ0n) is 14.6. The van der Waals surface area contributed by atoms with Gasteiger partial charge in [-0.1, -0.05) is 17.8 Å². The van der Waals surface area contributed by atoms with Crippen LogP contribution < -0.4 is 5.32 Å². The lowest BCUT2D eigenvalue weighted by molar-refractivity contribution is -0.115. The fourth-order valence-corrected chi connectivity index (χ4v) is 3.76. The summed E-state index contributed by atoms with van der Waals surface area (Å²) < 4.78 is 0. The Bertz CT molecular complexity index is 765. The minimum absolute atomic E-state index is 0.0163. The van der Waals surface area contributed by atoms with Crippen molar-refractivity contribution in [2.45, 2.75) is 57.4 Å². The molecule has 1 aromatic carbocycles. The Morgan fingerprint density at radius 1 is 1.12 bits per heavy atom. The molecule has 1 amide bonds. The largest absolute Gasteiger partial charge is 0.325 e. The number of carbonyl (C=O) groups excluding carboxylic acids is 1. The van der Waals surface area contributed by atoms with E-state index in [9.17, 15) is 4.79 Å². The van der Waals surface area contributed by atoms with Gasteiger partial charge >= 0.3 is 0 Å².